The number of anilines is 1. The normalized spacial score (nSPS) is 10.1. The van der Waals surface area contributed by atoms with Gasteiger partial charge in [-0.15, -0.1) is 0 Å². The summed E-state index contributed by atoms with van der Waals surface area (Å²) >= 11 is 5.77. The third-order valence-corrected chi connectivity index (χ3v) is 2.21. The van der Waals surface area contributed by atoms with E-state index in [-0.39, 0.29) is 0 Å². The van der Waals surface area contributed by atoms with Gasteiger partial charge in [-0.1, -0.05) is 17.7 Å². The molecule has 2 rings (SSSR count). The van der Waals surface area contributed by atoms with Gasteiger partial charge in [0.25, 0.3) is 0 Å². The summed E-state index contributed by atoms with van der Waals surface area (Å²) in [7, 11) is 0. The summed E-state index contributed by atoms with van der Waals surface area (Å²) < 4.78 is 0. The molecule has 2 heterocycles. The van der Waals surface area contributed by atoms with Crippen molar-refractivity contribution in [2.45, 2.75) is 13.5 Å². The number of hydrogen-bond acceptors (Lipinski definition) is 4. The van der Waals surface area contributed by atoms with Gasteiger partial charge in [0, 0.05) is 6.20 Å². The molecule has 0 aliphatic rings. The molecule has 0 amide bonds. The van der Waals surface area contributed by atoms with Gasteiger partial charge >= 0.3 is 0 Å². The molecule has 0 unspecified atom stereocenters. The van der Waals surface area contributed by atoms with Crippen LogP contribution in [-0.4, -0.2) is 15.0 Å². The number of pyridine rings is 1. The molecule has 4 nitrogen and oxygen atoms in total. The Labute approximate surface area is 98.7 Å². The van der Waals surface area contributed by atoms with E-state index in [0.29, 0.717) is 11.7 Å². The second kappa shape index (κ2) is 4.90. The number of aryl methyl sites for hydroxylation is 1. The van der Waals surface area contributed by atoms with E-state index < -0.39 is 0 Å². The first kappa shape index (κ1) is 10.8. The largest absolute Gasteiger partial charge is 0.364 e. The first-order valence-corrected chi connectivity index (χ1v) is 5.26. The van der Waals surface area contributed by atoms with Crippen molar-refractivity contribution in [3.8, 4) is 0 Å². The van der Waals surface area contributed by atoms with Crippen molar-refractivity contribution >= 4 is 17.4 Å². The van der Waals surface area contributed by atoms with E-state index >= 15 is 0 Å². The third kappa shape index (κ3) is 2.90. The summed E-state index contributed by atoms with van der Waals surface area (Å²) in [6, 6.07) is 5.43. The lowest BCUT2D eigenvalue weighted by Gasteiger charge is -2.04. The second-order valence-electron chi connectivity index (χ2n) is 3.35. The molecule has 0 saturated carbocycles. The maximum absolute atomic E-state index is 5.77. The number of hydrogen-bond donors (Lipinski definition) is 1. The molecule has 0 atom stereocenters. The smallest absolute Gasteiger partial charge is 0.131 e. The average molecular weight is 235 g/mol. The summed E-state index contributed by atoms with van der Waals surface area (Å²) in [5, 5.41) is 3.60. The minimum absolute atomic E-state index is 0.472. The molecule has 0 saturated heterocycles. The van der Waals surface area contributed by atoms with Crippen molar-refractivity contribution < 1.29 is 0 Å². The molecule has 0 aliphatic carbocycles. The fraction of sp³-hybridized carbons (Fsp3) is 0.182. The molecular formula is C11H11ClN4. The van der Waals surface area contributed by atoms with Crippen LogP contribution in [0, 0.1) is 6.92 Å². The third-order valence-electron chi connectivity index (χ3n) is 2.00. The van der Waals surface area contributed by atoms with E-state index in [9.17, 15) is 0 Å². The molecule has 2 aromatic rings. The number of rotatable bonds is 3. The van der Waals surface area contributed by atoms with Crippen LogP contribution in [0.15, 0.2) is 30.6 Å². The quantitative estimate of drug-likeness (QED) is 0.829. The van der Waals surface area contributed by atoms with Crippen LogP contribution in [0.25, 0.3) is 0 Å². The van der Waals surface area contributed by atoms with E-state index in [0.717, 1.165) is 17.2 Å². The highest BCUT2D eigenvalue weighted by molar-refractivity contribution is 6.29. The topological polar surface area (TPSA) is 50.7 Å². The standard InChI is InChI=1S/C11H11ClN4/c1-8-5-14-9(6-13-8)7-15-11-4-2-3-10(12)16-11/h2-6H,7H2,1H3,(H,15,16). The molecule has 1 N–H and O–H groups in total. The lowest BCUT2D eigenvalue weighted by atomic mass is 10.4. The van der Waals surface area contributed by atoms with Crippen molar-refractivity contribution in [2.24, 2.45) is 0 Å². The second-order valence-corrected chi connectivity index (χ2v) is 3.74. The number of aromatic nitrogens is 3. The zero-order valence-corrected chi connectivity index (χ0v) is 9.57. The Morgan fingerprint density at radius 2 is 2.12 bits per heavy atom. The summed E-state index contributed by atoms with van der Waals surface area (Å²) in [4.78, 5) is 12.5. The van der Waals surface area contributed by atoms with Gasteiger partial charge in [0.15, 0.2) is 0 Å². The lowest BCUT2D eigenvalue weighted by Crippen LogP contribution is -2.03. The van der Waals surface area contributed by atoms with Crippen LogP contribution in [0.5, 0.6) is 0 Å². The van der Waals surface area contributed by atoms with Gasteiger partial charge in [-0.2, -0.15) is 0 Å². The minimum atomic E-state index is 0.472. The Kier molecular flexibility index (Phi) is 3.31. The van der Waals surface area contributed by atoms with Crippen LogP contribution >= 0.6 is 11.6 Å². The fourth-order valence-electron chi connectivity index (χ4n) is 1.20. The predicted molar refractivity (Wildman–Crippen MR) is 63.3 cm³/mol. The molecule has 0 fully saturated rings. The fourth-order valence-corrected chi connectivity index (χ4v) is 1.36. The van der Waals surface area contributed by atoms with E-state index in [1.54, 1.807) is 18.5 Å². The van der Waals surface area contributed by atoms with Gasteiger partial charge in [-0.25, -0.2) is 4.98 Å². The van der Waals surface area contributed by atoms with Gasteiger partial charge in [0.1, 0.15) is 11.0 Å². The maximum atomic E-state index is 5.77. The summed E-state index contributed by atoms with van der Waals surface area (Å²) in [6.07, 6.45) is 3.48. The van der Waals surface area contributed by atoms with Crippen LogP contribution in [-0.2, 0) is 6.54 Å². The Balaban J connectivity index is 1.99. The SMILES string of the molecule is Cc1cnc(CNc2cccc(Cl)n2)cn1. The number of nitrogens with zero attached hydrogens (tertiary/aromatic N) is 3. The molecule has 0 spiro atoms. The van der Waals surface area contributed by atoms with Crippen LogP contribution in [0.4, 0.5) is 5.82 Å². The summed E-state index contributed by atoms with van der Waals surface area (Å²) in [5.74, 6) is 0.731. The Bertz CT molecular complexity index is 470. The molecular weight excluding hydrogens is 224 g/mol. The molecule has 0 bridgehead atoms. The molecule has 0 aromatic carbocycles. The van der Waals surface area contributed by atoms with E-state index in [1.807, 2.05) is 19.1 Å². The van der Waals surface area contributed by atoms with Crippen molar-refractivity contribution in [3.63, 3.8) is 0 Å². The van der Waals surface area contributed by atoms with Gasteiger partial charge < -0.3 is 5.32 Å². The van der Waals surface area contributed by atoms with Gasteiger partial charge in [0.2, 0.25) is 0 Å². The molecule has 82 valence electrons. The Morgan fingerprint density at radius 1 is 1.25 bits per heavy atom. The summed E-state index contributed by atoms with van der Waals surface area (Å²) in [5.41, 5.74) is 1.78. The van der Waals surface area contributed by atoms with Crippen LogP contribution in [0.1, 0.15) is 11.4 Å². The van der Waals surface area contributed by atoms with E-state index in [4.69, 9.17) is 11.6 Å². The molecule has 16 heavy (non-hydrogen) atoms. The Hall–Kier alpha value is -1.68. The number of halogens is 1. The highest BCUT2D eigenvalue weighted by Gasteiger charge is 1.97. The molecule has 0 radical (unpaired) electrons. The lowest BCUT2D eigenvalue weighted by molar-refractivity contribution is 0.977. The maximum Gasteiger partial charge on any atom is 0.131 e. The first-order valence-electron chi connectivity index (χ1n) is 4.88. The first-order chi connectivity index (χ1) is 7.74. The average Bonchev–Trinajstić information content (AvgIpc) is 2.28. The van der Waals surface area contributed by atoms with Gasteiger partial charge in [-0.3, -0.25) is 9.97 Å². The van der Waals surface area contributed by atoms with Gasteiger partial charge in [0.05, 0.1) is 24.1 Å². The van der Waals surface area contributed by atoms with E-state index in [1.165, 1.54) is 0 Å². The monoisotopic (exact) mass is 234 g/mol. The van der Waals surface area contributed by atoms with E-state index in [2.05, 4.69) is 20.3 Å². The van der Waals surface area contributed by atoms with Crippen LogP contribution < -0.4 is 5.32 Å². The highest BCUT2D eigenvalue weighted by Crippen LogP contribution is 2.09. The molecule has 5 heteroatoms. The number of nitrogens with one attached hydrogen (secondary N) is 1. The van der Waals surface area contributed by atoms with Crippen molar-refractivity contribution in [1.82, 2.24) is 15.0 Å². The van der Waals surface area contributed by atoms with Gasteiger partial charge in [-0.05, 0) is 19.1 Å². The summed E-state index contributed by atoms with van der Waals surface area (Å²) in [6.45, 7) is 2.49. The van der Waals surface area contributed by atoms with Crippen molar-refractivity contribution in [2.75, 3.05) is 5.32 Å². The van der Waals surface area contributed by atoms with Crippen molar-refractivity contribution in [1.29, 1.82) is 0 Å². The zero-order valence-electron chi connectivity index (χ0n) is 8.81. The zero-order chi connectivity index (χ0) is 11.4. The molecule has 0 aliphatic heterocycles. The van der Waals surface area contributed by atoms with Crippen molar-refractivity contribution in [3.05, 3.63) is 47.1 Å². The predicted octanol–water partition coefficient (Wildman–Crippen LogP) is 2.45. The Morgan fingerprint density at radius 3 is 2.81 bits per heavy atom. The van der Waals surface area contributed by atoms with Crippen LogP contribution in [0.2, 0.25) is 5.15 Å². The molecule has 2 aromatic heterocycles. The minimum Gasteiger partial charge on any atom is -0.364 e. The van der Waals surface area contributed by atoms with Crippen LogP contribution in [0.3, 0.4) is 0 Å². The highest BCUT2D eigenvalue weighted by atomic mass is 35.5.